The molecule has 0 heterocycles. The first-order chi connectivity index (χ1) is 9.66. The summed E-state index contributed by atoms with van der Waals surface area (Å²) in [5.41, 5.74) is 2.86. The lowest BCUT2D eigenvalue weighted by Gasteiger charge is -2.42. The van der Waals surface area contributed by atoms with Crippen molar-refractivity contribution in [2.45, 2.75) is 65.1 Å². The van der Waals surface area contributed by atoms with Gasteiger partial charge >= 0.3 is 0 Å². The molecule has 0 radical (unpaired) electrons. The largest absolute Gasteiger partial charge is 0.543 e. The smallest absolute Gasteiger partial charge is 0.258 e. The number of anilines is 1. The van der Waals surface area contributed by atoms with Crippen molar-refractivity contribution < 1.29 is 8.82 Å². The molecule has 0 unspecified atom stereocenters. The average molecular weight is 312 g/mol. The molecule has 0 aliphatic carbocycles. The number of benzene rings is 1. The minimum Gasteiger partial charge on any atom is -0.543 e. The van der Waals surface area contributed by atoms with Gasteiger partial charge in [0.25, 0.3) is 8.32 Å². The van der Waals surface area contributed by atoms with Gasteiger partial charge in [0.2, 0.25) is 0 Å². The summed E-state index contributed by atoms with van der Waals surface area (Å²) < 4.78 is 20.7. The number of nitrogens with one attached hydrogen (secondary N) is 1. The average Bonchev–Trinajstić information content (AvgIpc) is 2.34. The van der Waals surface area contributed by atoms with Crippen LogP contribution in [-0.4, -0.2) is 15.4 Å². The molecular formula is C17H30FNOSi. The minimum atomic E-state index is -2.03. The Hall–Kier alpha value is -1.03. The van der Waals surface area contributed by atoms with Gasteiger partial charge in [0.15, 0.2) is 0 Å². The van der Waals surface area contributed by atoms with E-state index in [0.717, 1.165) is 5.56 Å². The zero-order valence-electron chi connectivity index (χ0n) is 14.7. The van der Waals surface area contributed by atoms with Crippen LogP contribution < -0.4 is 9.74 Å². The summed E-state index contributed by atoms with van der Waals surface area (Å²) in [6.45, 7) is 15.3. The normalized spacial score (nSPS) is 12.4. The van der Waals surface area contributed by atoms with Gasteiger partial charge in [-0.3, -0.25) is 0 Å². The zero-order chi connectivity index (χ0) is 16.4. The Morgan fingerprint density at radius 1 is 1.00 bits per heavy atom. The number of hydrogen-bond acceptors (Lipinski definition) is 2. The third-order valence-corrected chi connectivity index (χ3v) is 10.5. The molecule has 1 aromatic carbocycles. The van der Waals surface area contributed by atoms with Crippen molar-refractivity contribution in [3.05, 3.63) is 23.5 Å². The van der Waals surface area contributed by atoms with Crippen molar-refractivity contribution in [2.75, 3.05) is 12.4 Å². The molecule has 0 amide bonds. The van der Waals surface area contributed by atoms with Gasteiger partial charge in [-0.25, -0.2) is 4.39 Å². The van der Waals surface area contributed by atoms with Gasteiger partial charge in [0, 0.05) is 13.1 Å². The second-order valence-electron chi connectivity index (χ2n) is 6.77. The molecule has 0 aromatic heterocycles. The Morgan fingerprint density at radius 3 is 1.81 bits per heavy atom. The lowest BCUT2D eigenvalue weighted by Crippen LogP contribution is -2.50. The Balaban J connectivity index is 3.28. The van der Waals surface area contributed by atoms with E-state index in [-0.39, 0.29) is 5.82 Å². The summed E-state index contributed by atoms with van der Waals surface area (Å²) in [5, 5.41) is 2.90. The van der Waals surface area contributed by atoms with Gasteiger partial charge in [-0.1, -0.05) is 41.5 Å². The molecule has 2 nitrogen and oxygen atoms in total. The summed E-state index contributed by atoms with van der Waals surface area (Å²) in [6, 6.07) is 3.47. The quantitative estimate of drug-likeness (QED) is 0.677. The van der Waals surface area contributed by atoms with Crippen LogP contribution in [0.1, 0.15) is 47.1 Å². The van der Waals surface area contributed by atoms with Crippen LogP contribution in [0.2, 0.25) is 16.6 Å². The first-order valence-electron chi connectivity index (χ1n) is 7.83. The van der Waals surface area contributed by atoms with Gasteiger partial charge in [-0.2, -0.15) is 0 Å². The summed E-state index contributed by atoms with van der Waals surface area (Å²) >= 11 is 0. The highest BCUT2D eigenvalue weighted by molar-refractivity contribution is 6.78. The minimum absolute atomic E-state index is 0.244. The molecule has 21 heavy (non-hydrogen) atoms. The fraction of sp³-hybridized carbons (Fsp3) is 0.647. The molecule has 4 heteroatoms. The molecule has 0 saturated heterocycles. The predicted molar refractivity (Wildman–Crippen MR) is 92.4 cm³/mol. The van der Waals surface area contributed by atoms with E-state index >= 15 is 0 Å². The van der Waals surface area contributed by atoms with Crippen LogP contribution in [0.5, 0.6) is 5.75 Å². The van der Waals surface area contributed by atoms with E-state index < -0.39 is 8.32 Å². The molecule has 0 aliphatic rings. The summed E-state index contributed by atoms with van der Waals surface area (Å²) in [4.78, 5) is 0. The molecule has 120 valence electrons. The maximum Gasteiger partial charge on any atom is 0.258 e. The Bertz CT molecular complexity index is 441. The fourth-order valence-electron chi connectivity index (χ4n) is 3.65. The van der Waals surface area contributed by atoms with E-state index in [9.17, 15) is 4.39 Å². The summed E-state index contributed by atoms with van der Waals surface area (Å²) in [7, 11) is -0.291. The molecule has 0 spiro atoms. The van der Waals surface area contributed by atoms with Gasteiger partial charge in [-0.15, -0.1) is 0 Å². The number of aryl methyl sites for hydroxylation is 1. The van der Waals surface area contributed by atoms with Crippen LogP contribution in [0.4, 0.5) is 10.1 Å². The van der Waals surface area contributed by atoms with E-state index in [1.807, 2.05) is 13.0 Å². The zero-order valence-corrected chi connectivity index (χ0v) is 15.7. The fourth-order valence-corrected chi connectivity index (χ4v) is 8.88. The predicted octanol–water partition coefficient (Wildman–Crippen LogP) is 5.73. The SMILES string of the molecule is CNc1c(C)cc(O[Si](C(C)C)(C(C)C)C(C)C)cc1F. The van der Waals surface area contributed by atoms with Crippen molar-refractivity contribution in [1.29, 1.82) is 0 Å². The first kappa shape index (κ1) is 18.0. The van der Waals surface area contributed by atoms with Crippen molar-refractivity contribution in [1.82, 2.24) is 0 Å². The van der Waals surface area contributed by atoms with Gasteiger partial charge in [0.05, 0.1) is 5.69 Å². The van der Waals surface area contributed by atoms with E-state index in [0.29, 0.717) is 28.1 Å². The van der Waals surface area contributed by atoms with Crippen LogP contribution in [0.25, 0.3) is 0 Å². The molecule has 0 fully saturated rings. The van der Waals surface area contributed by atoms with Gasteiger partial charge < -0.3 is 9.74 Å². The highest BCUT2D eigenvalue weighted by Gasteiger charge is 2.47. The van der Waals surface area contributed by atoms with Crippen molar-refractivity contribution >= 4 is 14.0 Å². The van der Waals surface area contributed by atoms with E-state index in [1.54, 1.807) is 7.05 Å². The lowest BCUT2D eigenvalue weighted by atomic mass is 10.2. The molecule has 1 rings (SSSR count). The lowest BCUT2D eigenvalue weighted by molar-refractivity contribution is 0.475. The highest BCUT2D eigenvalue weighted by Crippen LogP contribution is 2.43. The maximum atomic E-state index is 14.2. The van der Waals surface area contributed by atoms with Crippen LogP contribution in [0, 0.1) is 12.7 Å². The summed E-state index contributed by atoms with van der Waals surface area (Å²) in [5.74, 6) is 0.429. The van der Waals surface area contributed by atoms with Gasteiger partial charge in [-0.05, 0) is 35.2 Å². The van der Waals surface area contributed by atoms with Crippen molar-refractivity contribution in [3.63, 3.8) is 0 Å². The standard InChI is InChI=1S/C17H30FNOSi/c1-11(2)21(12(3)4,13(5)6)20-15-9-14(7)17(19-8)16(18)10-15/h9-13,19H,1-8H3. The molecule has 0 saturated carbocycles. The van der Waals surface area contributed by atoms with Gasteiger partial charge in [0.1, 0.15) is 11.6 Å². The Morgan fingerprint density at radius 2 is 1.48 bits per heavy atom. The second kappa shape index (κ2) is 6.82. The molecule has 0 bridgehead atoms. The Kier molecular flexibility index (Phi) is 5.85. The molecule has 1 aromatic rings. The second-order valence-corrected chi connectivity index (χ2v) is 12.1. The molecule has 1 N–H and O–H groups in total. The van der Waals surface area contributed by atoms with Crippen molar-refractivity contribution in [2.24, 2.45) is 0 Å². The van der Waals surface area contributed by atoms with Crippen LogP contribution in [0.3, 0.4) is 0 Å². The monoisotopic (exact) mass is 311 g/mol. The number of halogens is 1. The summed E-state index contributed by atoms with van der Waals surface area (Å²) in [6.07, 6.45) is 0. The molecule has 0 atom stereocenters. The van der Waals surface area contributed by atoms with Crippen molar-refractivity contribution in [3.8, 4) is 5.75 Å². The van der Waals surface area contributed by atoms with Crippen LogP contribution in [-0.2, 0) is 0 Å². The van der Waals surface area contributed by atoms with E-state index in [1.165, 1.54) is 6.07 Å². The Labute approximate surface area is 130 Å². The topological polar surface area (TPSA) is 21.3 Å². The van der Waals surface area contributed by atoms with Crippen LogP contribution >= 0.6 is 0 Å². The van der Waals surface area contributed by atoms with Crippen LogP contribution in [0.15, 0.2) is 12.1 Å². The van der Waals surface area contributed by atoms with E-state index in [2.05, 4.69) is 46.9 Å². The third-order valence-electron chi connectivity index (χ3n) is 4.51. The number of rotatable bonds is 6. The maximum absolute atomic E-state index is 14.2. The van der Waals surface area contributed by atoms with E-state index in [4.69, 9.17) is 4.43 Å². The molecule has 0 aliphatic heterocycles. The first-order valence-corrected chi connectivity index (χ1v) is 9.97. The molecular weight excluding hydrogens is 281 g/mol. The third kappa shape index (κ3) is 3.42. The number of hydrogen-bond donors (Lipinski definition) is 1. The highest BCUT2D eigenvalue weighted by atomic mass is 28.4.